The Morgan fingerprint density at radius 1 is 0.221 bits per heavy atom. The molecule has 1 spiro atoms. The second kappa shape index (κ2) is 14.1. The summed E-state index contributed by atoms with van der Waals surface area (Å²) in [7, 11) is 0. The Balaban J connectivity index is 1.14. The standard InChI is InChI=1S/C67H41N/c1-3-21-45-42(18-1)20-17-32-48(45)60-40-59-56-30-13-16-35-63(56)67(61-33-14-11-28-54(61)55-29-12-15-34-62(55)67)64(59)41-66(60)68(65-38-43-19-2-4-22-46(43)47-23-9-10-31-57(47)65)44-36-37-53-51-26-6-5-24-49(51)50-25-7-8-27-52(50)58(53)39-44/h1-41H. The van der Waals surface area contributed by atoms with Crippen molar-refractivity contribution >= 4 is 81.7 Å². The molecule has 0 saturated heterocycles. The van der Waals surface area contributed by atoms with Crippen molar-refractivity contribution in [2.45, 2.75) is 5.41 Å². The molecular weight excluding hydrogens is 819 g/mol. The van der Waals surface area contributed by atoms with Crippen molar-refractivity contribution in [3.05, 3.63) is 271 Å². The fraction of sp³-hybridized carbons (Fsp3) is 0.0149. The maximum atomic E-state index is 2.61. The molecule has 0 amide bonds. The van der Waals surface area contributed by atoms with E-state index in [1.165, 1.54) is 120 Å². The third kappa shape index (κ3) is 5.00. The van der Waals surface area contributed by atoms with Gasteiger partial charge in [-0.25, -0.2) is 0 Å². The summed E-state index contributed by atoms with van der Waals surface area (Å²) in [6.45, 7) is 0. The Hall–Kier alpha value is -8.78. The minimum absolute atomic E-state index is 0.527. The number of fused-ring (bicyclic) bond motifs is 20. The van der Waals surface area contributed by atoms with Gasteiger partial charge in [-0.15, -0.1) is 0 Å². The Labute approximate surface area is 394 Å². The summed E-state index contributed by atoms with van der Waals surface area (Å²) in [5, 5.41) is 14.9. The fourth-order valence-electron chi connectivity index (χ4n) is 12.7. The van der Waals surface area contributed by atoms with Crippen LogP contribution in [0.25, 0.3) is 98.0 Å². The molecule has 0 atom stereocenters. The van der Waals surface area contributed by atoms with Crippen molar-refractivity contribution in [1.29, 1.82) is 0 Å². The molecule has 1 nitrogen and oxygen atoms in total. The van der Waals surface area contributed by atoms with Crippen LogP contribution in [0, 0.1) is 0 Å². The van der Waals surface area contributed by atoms with Crippen molar-refractivity contribution < 1.29 is 0 Å². The smallest absolute Gasteiger partial charge is 0.0726 e. The maximum Gasteiger partial charge on any atom is 0.0726 e. The summed E-state index contributed by atoms with van der Waals surface area (Å²) in [4.78, 5) is 2.61. The van der Waals surface area contributed by atoms with Gasteiger partial charge in [-0.2, -0.15) is 0 Å². The largest absolute Gasteiger partial charge is 0.309 e. The van der Waals surface area contributed by atoms with Crippen LogP contribution < -0.4 is 4.90 Å². The van der Waals surface area contributed by atoms with E-state index in [0.29, 0.717) is 0 Å². The van der Waals surface area contributed by atoms with E-state index in [1.807, 2.05) is 0 Å². The third-order valence-electron chi connectivity index (χ3n) is 15.4. The monoisotopic (exact) mass is 859 g/mol. The molecule has 13 aromatic rings. The van der Waals surface area contributed by atoms with E-state index in [2.05, 4.69) is 254 Å². The minimum atomic E-state index is -0.527. The first-order chi connectivity index (χ1) is 33.8. The van der Waals surface area contributed by atoms with Gasteiger partial charge in [0, 0.05) is 16.6 Å². The average molecular weight is 860 g/mol. The molecule has 1 heteroatoms. The van der Waals surface area contributed by atoms with Gasteiger partial charge < -0.3 is 4.90 Å². The minimum Gasteiger partial charge on any atom is -0.309 e. The predicted molar refractivity (Wildman–Crippen MR) is 288 cm³/mol. The Bertz CT molecular complexity index is 4200. The normalized spacial score (nSPS) is 13.1. The predicted octanol–water partition coefficient (Wildman–Crippen LogP) is 18.1. The molecule has 0 aliphatic heterocycles. The highest BCUT2D eigenvalue weighted by molar-refractivity contribution is 6.26. The topological polar surface area (TPSA) is 3.24 Å². The molecular formula is C67H41N. The van der Waals surface area contributed by atoms with Gasteiger partial charge in [0.05, 0.1) is 16.8 Å². The van der Waals surface area contributed by atoms with Crippen LogP contribution >= 0.6 is 0 Å². The molecule has 0 bridgehead atoms. The summed E-state index contributed by atoms with van der Waals surface area (Å²) in [6, 6.07) is 93.7. The molecule has 0 unspecified atom stereocenters. The van der Waals surface area contributed by atoms with E-state index in [-0.39, 0.29) is 0 Å². The van der Waals surface area contributed by atoms with Gasteiger partial charge in [-0.3, -0.25) is 0 Å². The van der Waals surface area contributed by atoms with Crippen molar-refractivity contribution in [1.82, 2.24) is 0 Å². The first-order valence-corrected chi connectivity index (χ1v) is 23.8. The van der Waals surface area contributed by atoms with Gasteiger partial charge in [0.15, 0.2) is 0 Å². The zero-order valence-electron chi connectivity index (χ0n) is 37.1. The van der Waals surface area contributed by atoms with Crippen LogP contribution in [0.15, 0.2) is 249 Å². The first kappa shape index (κ1) is 37.4. The van der Waals surface area contributed by atoms with Gasteiger partial charge >= 0.3 is 0 Å². The van der Waals surface area contributed by atoms with E-state index in [9.17, 15) is 0 Å². The van der Waals surface area contributed by atoms with Crippen LogP contribution in [-0.4, -0.2) is 0 Å². The number of benzene rings is 13. The van der Waals surface area contributed by atoms with Crippen LogP contribution in [-0.2, 0) is 5.41 Å². The second-order valence-electron chi connectivity index (χ2n) is 18.6. The summed E-state index contributed by atoms with van der Waals surface area (Å²) < 4.78 is 0. The molecule has 0 radical (unpaired) electrons. The highest BCUT2D eigenvalue weighted by Crippen LogP contribution is 2.64. The van der Waals surface area contributed by atoms with E-state index >= 15 is 0 Å². The third-order valence-corrected chi connectivity index (χ3v) is 15.4. The number of hydrogen-bond acceptors (Lipinski definition) is 1. The molecule has 0 N–H and O–H groups in total. The molecule has 68 heavy (non-hydrogen) atoms. The molecule has 2 aliphatic rings. The van der Waals surface area contributed by atoms with Gasteiger partial charge in [0.2, 0.25) is 0 Å². The number of hydrogen-bond donors (Lipinski definition) is 0. The first-order valence-electron chi connectivity index (χ1n) is 23.8. The summed E-state index contributed by atoms with van der Waals surface area (Å²) >= 11 is 0. The summed E-state index contributed by atoms with van der Waals surface area (Å²) in [5.41, 5.74) is 15.7. The molecule has 0 heterocycles. The molecule has 15 rings (SSSR count). The fourth-order valence-corrected chi connectivity index (χ4v) is 12.7. The zero-order valence-corrected chi connectivity index (χ0v) is 37.1. The summed E-state index contributed by atoms with van der Waals surface area (Å²) in [5.74, 6) is 0. The number of nitrogens with zero attached hydrogens (tertiary/aromatic N) is 1. The van der Waals surface area contributed by atoms with Crippen molar-refractivity contribution in [3.63, 3.8) is 0 Å². The van der Waals surface area contributed by atoms with Gasteiger partial charge in [-0.1, -0.05) is 218 Å². The zero-order chi connectivity index (χ0) is 44.5. The highest BCUT2D eigenvalue weighted by atomic mass is 15.1. The molecule has 13 aromatic carbocycles. The van der Waals surface area contributed by atoms with Crippen LogP contribution in [0.1, 0.15) is 22.3 Å². The average Bonchev–Trinajstić information content (AvgIpc) is 3.87. The molecule has 2 aliphatic carbocycles. The van der Waals surface area contributed by atoms with Crippen molar-refractivity contribution in [2.75, 3.05) is 4.90 Å². The van der Waals surface area contributed by atoms with Crippen LogP contribution in [0.5, 0.6) is 0 Å². The SMILES string of the molecule is c1ccc2c(c1)-c1ccccc1C21c2ccccc2-c2cc(-c3cccc4ccccc34)c(N(c3ccc4c5ccccc5c5ccccc5c4c3)c3cc4ccccc4c4ccccc34)cc21. The van der Waals surface area contributed by atoms with Crippen molar-refractivity contribution in [3.8, 4) is 33.4 Å². The Kier molecular flexibility index (Phi) is 7.77. The van der Waals surface area contributed by atoms with E-state index in [1.54, 1.807) is 0 Å². The lowest BCUT2D eigenvalue weighted by atomic mass is 9.70. The molecule has 314 valence electrons. The molecule has 0 saturated carbocycles. The maximum absolute atomic E-state index is 2.61. The lowest BCUT2D eigenvalue weighted by molar-refractivity contribution is 0.794. The van der Waals surface area contributed by atoms with Gasteiger partial charge in [0.25, 0.3) is 0 Å². The lowest BCUT2D eigenvalue weighted by Crippen LogP contribution is -2.26. The second-order valence-corrected chi connectivity index (χ2v) is 18.6. The van der Waals surface area contributed by atoms with Crippen LogP contribution in [0.4, 0.5) is 17.1 Å². The van der Waals surface area contributed by atoms with E-state index in [0.717, 1.165) is 17.1 Å². The summed E-state index contributed by atoms with van der Waals surface area (Å²) in [6.07, 6.45) is 0. The van der Waals surface area contributed by atoms with Crippen LogP contribution in [0.3, 0.4) is 0 Å². The van der Waals surface area contributed by atoms with Gasteiger partial charge in [-0.05, 0) is 140 Å². The van der Waals surface area contributed by atoms with Crippen LogP contribution in [0.2, 0.25) is 0 Å². The van der Waals surface area contributed by atoms with E-state index < -0.39 is 5.41 Å². The molecule has 0 fully saturated rings. The Morgan fingerprint density at radius 2 is 0.662 bits per heavy atom. The lowest BCUT2D eigenvalue weighted by Gasteiger charge is -2.34. The molecule has 0 aromatic heterocycles. The quantitative estimate of drug-likeness (QED) is 0.159. The van der Waals surface area contributed by atoms with E-state index in [4.69, 9.17) is 0 Å². The number of rotatable bonds is 4. The van der Waals surface area contributed by atoms with Crippen molar-refractivity contribution in [2.24, 2.45) is 0 Å². The van der Waals surface area contributed by atoms with Gasteiger partial charge in [0.1, 0.15) is 0 Å². The Morgan fingerprint density at radius 3 is 1.29 bits per heavy atom. The highest BCUT2D eigenvalue weighted by Gasteiger charge is 2.52. The number of anilines is 3.